The van der Waals surface area contributed by atoms with E-state index in [1.54, 1.807) is 0 Å². The molecular formula is C15H25FIN5O. The van der Waals surface area contributed by atoms with Crippen molar-refractivity contribution in [3.63, 3.8) is 0 Å². The number of hydrogen-bond acceptors (Lipinski definition) is 3. The average molecular weight is 437 g/mol. The zero-order valence-electron chi connectivity index (χ0n) is 13.9. The lowest BCUT2D eigenvalue weighted by molar-refractivity contribution is -0.121. The molecule has 0 aromatic carbocycles. The second-order valence-electron chi connectivity index (χ2n) is 5.78. The highest BCUT2D eigenvalue weighted by Gasteiger charge is 2.13. The van der Waals surface area contributed by atoms with Crippen LogP contribution in [0, 0.1) is 5.82 Å². The molecule has 0 atom stereocenters. The number of carbonyl (C=O) groups is 1. The van der Waals surface area contributed by atoms with E-state index < -0.39 is 5.82 Å². The minimum absolute atomic E-state index is 0. The molecule has 0 fully saturated rings. The van der Waals surface area contributed by atoms with E-state index >= 15 is 0 Å². The van der Waals surface area contributed by atoms with Gasteiger partial charge in [0.1, 0.15) is 5.82 Å². The van der Waals surface area contributed by atoms with Gasteiger partial charge in [-0.2, -0.15) is 0 Å². The van der Waals surface area contributed by atoms with Crippen molar-refractivity contribution in [2.24, 2.45) is 4.99 Å². The molecule has 0 aliphatic heterocycles. The molecule has 1 heterocycles. The average Bonchev–Trinajstić information content (AvgIpc) is 2.41. The Kier molecular flexibility index (Phi) is 9.70. The standard InChI is InChI=1S/C15H24FN5O.HI/c1-5-17-14(20-10-13(22)21-15(2,3)4)19-9-12-11(16)7-6-8-18-12;/h6-8H,5,9-10H2,1-4H3,(H,21,22)(H2,17,19,20);1H. The summed E-state index contributed by atoms with van der Waals surface area (Å²) in [6.45, 7) is 8.47. The molecule has 8 heteroatoms. The van der Waals surface area contributed by atoms with Crippen LogP contribution in [0.3, 0.4) is 0 Å². The van der Waals surface area contributed by atoms with Crippen LogP contribution in [-0.2, 0) is 11.3 Å². The van der Waals surface area contributed by atoms with Gasteiger partial charge in [0.2, 0.25) is 5.91 Å². The largest absolute Gasteiger partial charge is 0.357 e. The molecule has 1 aromatic heterocycles. The van der Waals surface area contributed by atoms with Gasteiger partial charge < -0.3 is 16.0 Å². The topological polar surface area (TPSA) is 78.4 Å². The summed E-state index contributed by atoms with van der Waals surface area (Å²) in [5, 5.41) is 8.75. The fourth-order valence-corrected chi connectivity index (χ4v) is 1.66. The van der Waals surface area contributed by atoms with Crippen molar-refractivity contribution >= 4 is 35.8 Å². The van der Waals surface area contributed by atoms with E-state index in [2.05, 4.69) is 25.9 Å². The minimum atomic E-state index is -0.396. The number of pyridine rings is 1. The van der Waals surface area contributed by atoms with Gasteiger partial charge in [-0.15, -0.1) is 24.0 Å². The third kappa shape index (κ3) is 9.32. The summed E-state index contributed by atoms with van der Waals surface area (Å²) in [5.74, 6) is -0.0914. The summed E-state index contributed by atoms with van der Waals surface area (Å²) < 4.78 is 13.5. The summed E-state index contributed by atoms with van der Waals surface area (Å²) in [5.41, 5.74) is -0.0235. The molecule has 1 amide bonds. The van der Waals surface area contributed by atoms with Crippen LogP contribution in [0.1, 0.15) is 33.4 Å². The normalized spacial score (nSPS) is 11.4. The summed E-state index contributed by atoms with van der Waals surface area (Å²) >= 11 is 0. The number of halogens is 2. The first-order chi connectivity index (χ1) is 10.3. The van der Waals surface area contributed by atoms with Crippen LogP contribution in [-0.4, -0.2) is 35.5 Å². The highest BCUT2D eigenvalue weighted by Crippen LogP contribution is 2.03. The third-order valence-corrected chi connectivity index (χ3v) is 2.50. The van der Waals surface area contributed by atoms with E-state index in [1.807, 2.05) is 27.7 Å². The van der Waals surface area contributed by atoms with Crippen LogP contribution >= 0.6 is 24.0 Å². The predicted molar refractivity (Wildman–Crippen MR) is 100 cm³/mol. The van der Waals surface area contributed by atoms with Crippen LogP contribution in [0.15, 0.2) is 23.3 Å². The summed E-state index contributed by atoms with van der Waals surface area (Å²) in [7, 11) is 0. The van der Waals surface area contributed by atoms with E-state index in [0.717, 1.165) is 0 Å². The number of carbonyl (C=O) groups excluding carboxylic acids is 1. The first-order valence-electron chi connectivity index (χ1n) is 7.24. The van der Waals surface area contributed by atoms with Gasteiger partial charge >= 0.3 is 0 Å². The molecule has 0 radical (unpaired) electrons. The molecule has 23 heavy (non-hydrogen) atoms. The van der Waals surface area contributed by atoms with E-state index in [1.165, 1.54) is 18.3 Å². The van der Waals surface area contributed by atoms with Crippen LogP contribution in [0.5, 0.6) is 0 Å². The van der Waals surface area contributed by atoms with Crippen molar-refractivity contribution < 1.29 is 9.18 Å². The minimum Gasteiger partial charge on any atom is -0.357 e. The predicted octanol–water partition coefficient (Wildman–Crippen LogP) is 1.81. The Bertz CT molecular complexity index is 531. The fourth-order valence-electron chi connectivity index (χ4n) is 1.66. The van der Waals surface area contributed by atoms with Gasteiger partial charge in [-0.3, -0.25) is 9.78 Å². The van der Waals surface area contributed by atoms with Crippen LogP contribution in [0.4, 0.5) is 4.39 Å². The van der Waals surface area contributed by atoms with Gasteiger partial charge in [0.25, 0.3) is 0 Å². The Morgan fingerprint density at radius 3 is 2.61 bits per heavy atom. The second-order valence-corrected chi connectivity index (χ2v) is 5.78. The molecule has 0 bridgehead atoms. The smallest absolute Gasteiger partial charge is 0.239 e. The van der Waals surface area contributed by atoms with Crippen molar-refractivity contribution in [1.82, 2.24) is 20.9 Å². The Morgan fingerprint density at radius 1 is 1.35 bits per heavy atom. The lowest BCUT2D eigenvalue weighted by Gasteiger charge is -2.21. The van der Waals surface area contributed by atoms with Crippen molar-refractivity contribution in [2.75, 3.05) is 13.1 Å². The molecule has 1 rings (SSSR count). The summed E-state index contributed by atoms with van der Waals surface area (Å²) in [6, 6.07) is 2.87. The summed E-state index contributed by atoms with van der Waals surface area (Å²) in [6.07, 6.45) is 1.52. The molecule has 0 aliphatic rings. The number of hydrogen-bond donors (Lipinski definition) is 3. The monoisotopic (exact) mass is 437 g/mol. The van der Waals surface area contributed by atoms with Crippen LogP contribution < -0.4 is 16.0 Å². The lowest BCUT2D eigenvalue weighted by atomic mass is 10.1. The molecule has 0 saturated heterocycles. The SMILES string of the molecule is CCNC(=NCc1ncccc1F)NCC(=O)NC(C)(C)C.I. The highest BCUT2D eigenvalue weighted by molar-refractivity contribution is 14.0. The van der Waals surface area contributed by atoms with Gasteiger partial charge in [0, 0.05) is 18.3 Å². The lowest BCUT2D eigenvalue weighted by Crippen LogP contribution is -2.48. The molecular weight excluding hydrogens is 412 g/mol. The van der Waals surface area contributed by atoms with E-state index in [0.29, 0.717) is 12.5 Å². The zero-order valence-corrected chi connectivity index (χ0v) is 16.3. The highest BCUT2D eigenvalue weighted by atomic mass is 127. The number of aromatic nitrogens is 1. The number of guanidine groups is 1. The number of nitrogens with zero attached hydrogens (tertiary/aromatic N) is 2. The van der Waals surface area contributed by atoms with Gasteiger partial charge in [-0.05, 0) is 39.8 Å². The second kappa shape index (κ2) is 10.3. The number of amides is 1. The maximum absolute atomic E-state index is 13.5. The number of nitrogens with one attached hydrogen (secondary N) is 3. The van der Waals surface area contributed by atoms with Crippen molar-refractivity contribution in [1.29, 1.82) is 0 Å². The molecule has 6 nitrogen and oxygen atoms in total. The van der Waals surface area contributed by atoms with Gasteiger partial charge in [0.05, 0.1) is 18.8 Å². The first-order valence-corrected chi connectivity index (χ1v) is 7.24. The molecule has 0 aliphatic carbocycles. The summed E-state index contributed by atoms with van der Waals surface area (Å²) in [4.78, 5) is 19.9. The first kappa shape index (κ1) is 21.6. The molecule has 0 spiro atoms. The van der Waals surface area contributed by atoms with Crippen LogP contribution in [0.25, 0.3) is 0 Å². The van der Waals surface area contributed by atoms with Gasteiger partial charge in [-0.1, -0.05) is 0 Å². The van der Waals surface area contributed by atoms with E-state index in [-0.39, 0.29) is 54.2 Å². The van der Waals surface area contributed by atoms with Crippen molar-refractivity contribution in [3.8, 4) is 0 Å². The number of aliphatic imine (C=N–C) groups is 1. The van der Waals surface area contributed by atoms with Gasteiger partial charge in [-0.25, -0.2) is 9.38 Å². The Morgan fingerprint density at radius 2 is 2.04 bits per heavy atom. The molecule has 1 aromatic rings. The Balaban J connectivity index is 0.00000484. The van der Waals surface area contributed by atoms with E-state index in [4.69, 9.17) is 0 Å². The third-order valence-electron chi connectivity index (χ3n) is 2.50. The van der Waals surface area contributed by atoms with Crippen LogP contribution in [0.2, 0.25) is 0 Å². The van der Waals surface area contributed by atoms with Crippen molar-refractivity contribution in [2.45, 2.75) is 39.8 Å². The molecule has 0 saturated carbocycles. The zero-order chi connectivity index (χ0) is 16.6. The Hall–Kier alpha value is -1.45. The quantitative estimate of drug-likeness (QED) is 0.373. The number of rotatable bonds is 5. The van der Waals surface area contributed by atoms with E-state index in [9.17, 15) is 9.18 Å². The fraction of sp³-hybridized carbons (Fsp3) is 0.533. The maximum Gasteiger partial charge on any atom is 0.239 e. The molecule has 0 unspecified atom stereocenters. The molecule has 130 valence electrons. The Labute approximate surface area is 153 Å². The van der Waals surface area contributed by atoms with Crippen molar-refractivity contribution in [3.05, 3.63) is 29.8 Å². The van der Waals surface area contributed by atoms with Gasteiger partial charge in [0.15, 0.2) is 5.96 Å². The molecule has 3 N–H and O–H groups in total. The maximum atomic E-state index is 13.5.